The second kappa shape index (κ2) is 6.65. The van der Waals surface area contributed by atoms with Gasteiger partial charge in [-0.15, -0.1) is 11.3 Å². The number of thiophene rings is 1. The first-order valence-corrected chi connectivity index (χ1v) is 8.72. The number of amides is 3. The topological polar surface area (TPSA) is 104 Å². The first-order chi connectivity index (χ1) is 11.4. The molecule has 0 bridgehead atoms. The van der Waals surface area contributed by atoms with Crippen molar-refractivity contribution in [2.75, 3.05) is 10.6 Å². The van der Waals surface area contributed by atoms with Crippen LogP contribution in [0.3, 0.4) is 0 Å². The molecule has 2 aromatic carbocycles. The monoisotopic (exact) mass is 453 g/mol. The SMILES string of the molecule is NC(=O)c1c(NC(=O)Nc2ccc(I)cc2)sc2cc(O)ccc12. The highest BCUT2D eigenvalue weighted by atomic mass is 127. The molecule has 0 aliphatic rings. The first kappa shape index (κ1) is 16.5. The summed E-state index contributed by atoms with van der Waals surface area (Å²) >= 11 is 3.35. The Kier molecular flexibility index (Phi) is 4.58. The third kappa shape index (κ3) is 3.44. The number of halogens is 1. The van der Waals surface area contributed by atoms with Gasteiger partial charge in [-0.05, 0) is 65.1 Å². The maximum Gasteiger partial charge on any atom is 0.324 e. The van der Waals surface area contributed by atoms with E-state index in [4.69, 9.17) is 5.73 Å². The van der Waals surface area contributed by atoms with Crippen molar-refractivity contribution in [3.63, 3.8) is 0 Å². The summed E-state index contributed by atoms with van der Waals surface area (Å²) in [5.74, 6) is -0.564. The molecular weight excluding hydrogens is 441 g/mol. The molecule has 24 heavy (non-hydrogen) atoms. The molecule has 0 aliphatic heterocycles. The fourth-order valence-electron chi connectivity index (χ4n) is 2.22. The standard InChI is InChI=1S/C16H12IN3O3S/c17-8-1-3-9(4-2-8)19-16(23)20-15-13(14(18)22)11-6-5-10(21)7-12(11)24-15/h1-7,21H,(H2,18,22)(H2,19,20,23). The van der Waals surface area contributed by atoms with Crippen LogP contribution in [0.5, 0.6) is 5.75 Å². The number of benzene rings is 2. The number of primary amides is 1. The van der Waals surface area contributed by atoms with Crippen molar-refractivity contribution in [1.82, 2.24) is 0 Å². The lowest BCUT2D eigenvalue weighted by Gasteiger charge is -2.07. The van der Waals surface area contributed by atoms with Crippen LogP contribution < -0.4 is 16.4 Å². The molecule has 122 valence electrons. The number of hydrogen-bond donors (Lipinski definition) is 4. The number of nitrogens with one attached hydrogen (secondary N) is 2. The minimum absolute atomic E-state index is 0.0784. The average Bonchev–Trinajstić information content (AvgIpc) is 2.86. The van der Waals surface area contributed by atoms with E-state index in [1.54, 1.807) is 18.2 Å². The molecule has 0 spiro atoms. The van der Waals surface area contributed by atoms with Gasteiger partial charge in [-0.1, -0.05) is 0 Å². The van der Waals surface area contributed by atoms with Gasteiger partial charge in [-0.3, -0.25) is 10.1 Å². The van der Waals surface area contributed by atoms with E-state index in [9.17, 15) is 14.7 Å². The molecule has 0 saturated carbocycles. The van der Waals surface area contributed by atoms with Gasteiger partial charge in [-0.25, -0.2) is 4.79 Å². The normalized spacial score (nSPS) is 10.5. The summed E-state index contributed by atoms with van der Waals surface area (Å²) in [6, 6.07) is 11.4. The van der Waals surface area contributed by atoms with Crippen molar-refractivity contribution in [2.45, 2.75) is 0 Å². The molecule has 0 radical (unpaired) electrons. The fourth-order valence-corrected chi connectivity index (χ4v) is 3.71. The molecule has 6 nitrogen and oxygen atoms in total. The predicted molar refractivity (Wildman–Crippen MR) is 104 cm³/mol. The van der Waals surface area contributed by atoms with Crippen molar-refractivity contribution < 1.29 is 14.7 Å². The van der Waals surface area contributed by atoms with Gasteiger partial charge < -0.3 is 16.2 Å². The Morgan fingerprint density at radius 2 is 1.79 bits per heavy atom. The smallest absolute Gasteiger partial charge is 0.324 e. The van der Waals surface area contributed by atoms with Crippen molar-refractivity contribution in [2.24, 2.45) is 5.73 Å². The largest absolute Gasteiger partial charge is 0.508 e. The molecular formula is C16H12IN3O3S. The Hall–Kier alpha value is -2.33. The summed E-state index contributed by atoms with van der Waals surface area (Å²) in [7, 11) is 0. The van der Waals surface area contributed by atoms with Crippen LogP contribution in [0.1, 0.15) is 10.4 Å². The summed E-state index contributed by atoms with van der Waals surface area (Å²) in [6.45, 7) is 0. The molecule has 0 unspecified atom stereocenters. The number of fused-ring (bicyclic) bond motifs is 1. The highest BCUT2D eigenvalue weighted by Crippen LogP contribution is 2.37. The molecule has 3 amide bonds. The second-order valence-electron chi connectivity index (χ2n) is 4.94. The third-order valence-corrected chi connectivity index (χ3v) is 5.04. The molecule has 3 rings (SSSR count). The minimum atomic E-state index is -0.642. The molecule has 0 atom stereocenters. The number of phenolic OH excluding ortho intramolecular Hbond substituents is 1. The van der Waals surface area contributed by atoms with E-state index in [1.807, 2.05) is 12.1 Å². The van der Waals surface area contributed by atoms with Crippen molar-refractivity contribution >= 4 is 66.6 Å². The van der Waals surface area contributed by atoms with Crippen molar-refractivity contribution in [3.05, 3.63) is 51.6 Å². The highest BCUT2D eigenvalue weighted by molar-refractivity contribution is 14.1. The van der Waals surface area contributed by atoms with E-state index in [2.05, 4.69) is 33.2 Å². The highest BCUT2D eigenvalue weighted by Gasteiger charge is 2.19. The van der Waals surface area contributed by atoms with Crippen molar-refractivity contribution in [1.29, 1.82) is 0 Å². The molecule has 0 saturated heterocycles. The number of phenols is 1. The Balaban J connectivity index is 1.88. The lowest BCUT2D eigenvalue weighted by molar-refractivity contribution is 0.100. The first-order valence-electron chi connectivity index (χ1n) is 6.83. The Labute approximate surface area is 154 Å². The third-order valence-electron chi connectivity index (χ3n) is 3.25. The summed E-state index contributed by atoms with van der Waals surface area (Å²) < 4.78 is 1.72. The van der Waals surface area contributed by atoms with E-state index < -0.39 is 11.9 Å². The molecule has 5 N–H and O–H groups in total. The molecule has 8 heteroatoms. The van der Waals surface area contributed by atoms with E-state index in [1.165, 1.54) is 23.5 Å². The molecule has 1 heterocycles. The number of rotatable bonds is 3. The van der Waals surface area contributed by atoms with E-state index in [0.717, 1.165) is 3.57 Å². The van der Waals surface area contributed by atoms with E-state index >= 15 is 0 Å². The molecule has 0 aliphatic carbocycles. The van der Waals surface area contributed by atoms with Gasteiger partial charge in [0.05, 0.1) is 5.56 Å². The summed E-state index contributed by atoms with van der Waals surface area (Å²) in [4.78, 5) is 23.9. The van der Waals surface area contributed by atoms with Crippen LogP contribution >= 0.6 is 33.9 Å². The molecule has 3 aromatic rings. The zero-order valence-corrected chi connectivity index (χ0v) is 15.1. The van der Waals surface area contributed by atoms with Crippen LogP contribution in [-0.2, 0) is 0 Å². The van der Waals surface area contributed by atoms with Gasteiger partial charge in [-0.2, -0.15) is 0 Å². The number of aromatic hydroxyl groups is 1. The van der Waals surface area contributed by atoms with Crippen LogP contribution in [0.2, 0.25) is 0 Å². The second-order valence-corrected chi connectivity index (χ2v) is 7.23. The maximum absolute atomic E-state index is 12.2. The minimum Gasteiger partial charge on any atom is -0.508 e. The number of carbonyl (C=O) groups excluding carboxylic acids is 2. The number of anilines is 2. The quantitative estimate of drug-likeness (QED) is 0.452. The summed E-state index contributed by atoms with van der Waals surface area (Å²) in [5, 5.41) is 15.8. The molecule has 1 aromatic heterocycles. The number of hydrogen-bond acceptors (Lipinski definition) is 4. The van der Waals surface area contributed by atoms with E-state index in [-0.39, 0.29) is 11.3 Å². The predicted octanol–water partition coefficient (Wildman–Crippen LogP) is 3.95. The van der Waals surface area contributed by atoms with Gasteiger partial charge >= 0.3 is 6.03 Å². The zero-order valence-electron chi connectivity index (χ0n) is 12.2. The summed E-state index contributed by atoms with van der Waals surface area (Å²) in [6.07, 6.45) is 0. The van der Waals surface area contributed by atoms with Gasteiger partial charge in [0.1, 0.15) is 10.8 Å². The average molecular weight is 453 g/mol. The van der Waals surface area contributed by atoms with Crippen LogP contribution in [0.4, 0.5) is 15.5 Å². The Morgan fingerprint density at radius 3 is 2.46 bits per heavy atom. The van der Waals surface area contributed by atoms with Crippen LogP contribution in [0, 0.1) is 3.57 Å². The maximum atomic E-state index is 12.2. The zero-order chi connectivity index (χ0) is 17.3. The van der Waals surface area contributed by atoms with Gasteiger partial charge in [0.25, 0.3) is 5.91 Å². The fraction of sp³-hybridized carbons (Fsp3) is 0. The Morgan fingerprint density at radius 1 is 1.08 bits per heavy atom. The van der Waals surface area contributed by atoms with Crippen LogP contribution in [-0.4, -0.2) is 17.0 Å². The van der Waals surface area contributed by atoms with Crippen molar-refractivity contribution in [3.8, 4) is 5.75 Å². The number of carbonyl (C=O) groups is 2. The van der Waals surface area contributed by atoms with E-state index in [0.29, 0.717) is 20.8 Å². The van der Waals surface area contributed by atoms with Crippen LogP contribution in [0.25, 0.3) is 10.1 Å². The number of urea groups is 1. The summed E-state index contributed by atoms with van der Waals surface area (Å²) in [5.41, 5.74) is 6.30. The Bertz CT molecular complexity index is 938. The van der Waals surface area contributed by atoms with Crippen LogP contribution in [0.15, 0.2) is 42.5 Å². The molecule has 0 fully saturated rings. The lowest BCUT2D eigenvalue weighted by Crippen LogP contribution is -2.21. The van der Waals surface area contributed by atoms with Gasteiger partial charge in [0.2, 0.25) is 0 Å². The van der Waals surface area contributed by atoms with Gasteiger partial charge in [0, 0.05) is 19.3 Å². The van der Waals surface area contributed by atoms with Gasteiger partial charge in [0.15, 0.2) is 0 Å². The lowest BCUT2D eigenvalue weighted by atomic mass is 10.1. The number of nitrogens with two attached hydrogens (primary N) is 1.